The molecule has 0 aliphatic carbocycles. The van der Waals surface area contributed by atoms with E-state index in [0.717, 1.165) is 43.0 Å². The molecular weight excluding hydrogens is 490 g/mol. The Bertz CT molecular complexity index is 1370. The van der Waals surface area contributed by atoms with Gasteiger partial charge in [-0.1, -0.05) is 32.0 Å². The number of carbonyl (C=O) groups is 2. The minimum atomic E-state index is -0.191. The molecule has 0 radical (unpaired) electrons. The molecule has 9 nitrogen and oxygen atoms in total. The molecule has 2 N–H and O–H groups in total. The topological polar surface area (TPSA) is 114 Å². The van der Waals surface area contributed by atoms with Crippen molar-refractivity contribution in [2.75, 3.05) is 36.8 Å². The van der Waals surface area contributed by atoms with E-state index in [9.17, 15) is 14.9 Å². The average molecular weight is 526 g/mol. The van der Waals surface area contributed by atoms with Crippen molar-refractivity contribution in [3.8, 4) is 17.3 Å². The Morgan fingerprint density at radius 1 is 1.03 bits per heavy atom. The largest absolute Gasteiger partial charge is 0.340 e. The van der Waals surface area contributed by atoms with Crippen molar-refractivity contribution in [1.82, 2.24) is 19.8 Å². The second kappa shape index (κ2) is 12.5. The van der Waals surface area contributed by atoms with Gasteiger partial charge in [-0.3, -0.25) is 14.5 Å². The lowest BCUT2D eigenvalue weighted by Gasteiger charge is -2.37. The molecule has 0 unspecified atom stereocenters. The van der Waals surface area contributed by atoms with E-state index in [-0.39, 0.29) is 17.7 Å². The number of benzene rings is 2. The standard InChI is InChI=1S/C30H35N7O2/c1-20(2)29(39)34-26-9-8-23(18-24(26)19-31)27-10-11-32-30(35-27)33-25-7-5-6-22(16-25)17-28(38)37-14-12-36(13-15-37)21(3)4/h5-11,16,18,20-21H,12-15,17H2,1-4H3,(H,34,39)(H,32,33,35). The van der Waals surface area contributed by atoms with Gasteiger partial charge in [0.2, 0.25) is 17.8 Å². The Hall–Kier alpha value is -4.29. The van der Waals surface area contributed by atoms with E-state index in [1.807, 2.05) is 35.2 Å². The van der Waals surface area contributed by atoms with Gasteiger partial charge in [-0.15, -0.1) is 0 Å². The first-order chi connectivity index (χ1) is 18.7. The number of rotatable bonds is 8. The second-order valence-electron chi connectivity index (χ2n) is 10.3. The summed E-state index contributed by atoms with van der Waals surface area (Å²) in [5.74, 6) is 0.195. The van der Waals surface area contributed by atoms with Crippen molar-refractivity contribution >= 4 is 29.1 Å². The summed E-state index contributed by atoms with van der Waals surface area (Å²) in [4.78, 5) is 38.3. The van der Waals surface area contributed by atoms with E-state index in [1.165, 1.54) is 0 Å². The zero-order valence-corrected chi connectivity index (χ0v) is 22.9. The molecule has 1 aliphatic rings. The molecule has 9 heteroatoms. The fourth-order valence-electron chi connectivity index (χ4n) is 4.42. The van der Waals surface area contributed by atoms with Crippen molar-refractivity contribution in [3.05, 3.63) is 65.9 Å². The van der Waals surface area contributed by atoms with E-state index in [0.29, 0.717) is 35.4 Å². The van der Waals surface area contributed by atoms with Gasteiger partial charge in [0.15, 0.2) is 0 Å². The Morgan fingerprint density at radius 3 is 2.49 bits per heavy atom. The second-order valence-corrected chi connectivity index (χ2v) is 10.3. The summed E-state index contributed by atoms with van der Waals surface area (Å²) in [5.41, 5.74) is 3.91. The van der Waals surface area contributed by atoms with Gasteiger partial charge >= 0.3 is 0 Å². The van der Waals surface area contributed by atoms with Gasteiger partial charge < -0.3 is 15.5 Å². The molecular formula is C30H35N7O2. The van der Waals surface area contributed by atoms with Crippen LogP contribution >= 0.6 is 0 Å². The van der Waals surface area contributed by atoms with E-state index < -0.39 is 0 Å². The summed E-state index contributed by atoms with van der Waals surface area (Å²) in [7, 11) is 0. The quantitative estimate of drug-likeness (QED) is 0.447. The molecule has 39 heavy (non-hydrogen) atoms. The van der Waals surface area contributed by atoms with Crippen molar-refractivity contribution in [2.45, 2.75) is 40.2 Å². The monoisotopic (exact) mass is 525 g/mol. The van der Waals surface area contributed by atoms with Crippen molar-refractivity contribution in [2.24, 2.45) is 5.92 Å². The van der Waals surface area contributed by atoms with E-state index >= 15 is 0 Å². The first-order valence-electron chi connectivity index (χ1n) is 13.3. The van der Waals surface area contributed by atoms with Crippen LogP contribution in [0.1, 0.15) is 38.8 Å². The number of hydrogen-bond donors (Lipinski definition) is 2. The molecule has 0 bridgehead atoms. The molecule has 2 amide bonds. The highest BCUT2D eigenvalue weighted by Gasteiger charge is 2.22. The molecule has 4 rings (SSSR count). The Labute approximate surface area is 229 Å². The smallest absolute Gasteiger partial charge is 0.227 e. The molecule has 0 spiro atoms. The lowest BCUT2D eigenvalue weighted by molar-refractivity contribution is -0.132. The first kappa shape index (κ1) is 27.7. The summed E-state index contributed by atoms with van der Waals surface area (Å²) >= 11 is 0. The Kier molecular flexibility index (Phi) is 8.89. The summed E-state index contributed by atoms with van der Waals surface area (Å²) in [5, 5.41) is 15.6. The fourth-order valence-corrected chi connectivity index (χ4v) is 4.42. The summed E-state index contributed by atoms with van der Waals surface area (Å²) in [6, 6.07) is 17.4. The van der Waals surface area contributed by atoms with E-state index in [2.05, 4.69) is 45.4 Å². The first-order valence-corrected chi connectivity index (χ1v) is 13.3. The molecule has 1 aromatic heterocycles. The molecule has 1 saturated heterocycles. The third-order valence-corrected chi connectivity index (χ3v) is 6.81. The van der Waals surface area contributed by atoms with Crippen molar-refractivity contribution < 1.29 is 9.59 Å². The normalized spacial score (nSPS) is 13.8. The van der Waals surface area contributed by atoms with Crippen LogP contribution < -0.4 is 10.6 Å². The van der Waals surface area contributed by atoms with Gasteiger partial charge in [0.1, 0.15) is 6.07 Å². The molecule has 2 aromatic carbocycles. The fraction of sp³-hybridized carbons (Fsp3) is 0.367. The van der Waals surface area contributed by atoms with Crippen LogP contribution in [0.2, 0.25) is 0 Å². The van der Waals surface area contributed by atoms with Crippen LogP contribution in [0.5, 0.6) is 0 Å². The molecule has 0 atom stereocenters. The van der Waals surface area contributed by atoms with Gasteiger partial charge in [0, 0.05) is 55.6 Å². The number of carbonyl (C=O) groups excluding carboxylic acids is 2. The minimum Gasteiger partial charge on any atom is -0.340 e. The highest BCUT2D eigenvalue weighted by Crippen LogP contribution is 2.25. The third kappa shape index (κ3) is 7.18. The molecule has 3 aromatic rings. The van der Waals surface area contributed by atoms with Crippen LogP contribution in [0.4, 0.5) is 17.3 Å². The third-order valence-electron chi connectivity index (χ3n) is 6.81. The maximum absolute atomic E-state index is 12.9. The summed E-state index contributed by atoms with van der Waals surface area (Å²) in [6.45, 7) is 11.3. The molecule has 202 valence electrons. The van der Waals surface area contributed by atoms with Crippen LogP contribution in [0.15, 0.2) is 54.7 Å². The number of aromatic nitrogens is 2. The number of anilines is 3. The predicted octanol–water partition coefficient (Wildman–Crippen LogP) is 4.45. The van der Waals surface area contributed by atoms with Gasteiger partial charge in [-0.25, -0.2) is 9.97 Å². The zero-order valence-electron chi connectivity index (χ0n) is 22.9. The summed E-state index contributed by atoms with van der Waals surface area (Å²) in [6.07, 6.45) is 1.99. The van der Waals surface area contributed by atoms with Crippen LogP contribution in [0.3, 0.4) is 0 Å². The zero-order chi connectivity index (χ0) is 27.9. The Balaban J connectivity index is 1.43. The van der Waals surface area contributed by atoms with Crippen LogP contribution in [-0.2, 0) is 16.0 Å². The lowest BCUT2D eigenvalue weighted by atomic mass is 10.1. The van der Waals surface area contributed by atoms with Crippen molar-refractivity contribution in [3.63, 3.8) is 0 Å². The maximum Gasteiger partial charge on any atom is 0.227 e. The SMILES string of the molecule is CC(C)C(=O)Nc1ccc(-c2ccnc(Nc3cccc(CC(=O)N4CCN(C(C)C)CC4)c3)n2)cc1C#N. The molecule has 1 fully saturated rings. The van der Waals surface area contributed by atoms with Crippen LogP contribution in [-0.4, -0.2) is 63.8 Å². The Morgan fingerprint density at radius 2 is 1.79 bits per heavy atom. The molecule has 1 aliphatic heterocycles. The highest BCUT2D eigenvalue weighted by atomic mass is 16.2. The maximum atomic E-state index is 12.9. The number of piperazine rings is 1. The highest BCUT2D eigenvalue weighted by molar-refractivity contribution is 5.93. The minimum absolute atomic E-state index is 0.134. The van der Waals surface area contributed by atoms with E-state index in [4.69, 9.17) is 0 Å². The molecule has 0 saturated carbocycles. The van der Waals surface area contributed by atoms with Gasteiger partial charge in [-0.2, -0.15) is 5.26 Å². The summed E-state index contributed by atoms with van der Waals surface area (Å²) < 4.78 is 0. The lowest BCUT2D eigenvalue weighted by Crippen LogP contribution is -2.51. The number of amides is 2. The number of nitrogens with zero attached hydrogens (tertiary/aromatic N) is 5. The molecule has 2 heterocycles. The van der Waals surface area contributed by atoms with E-state index in [1.54, 1.807) is 38.2 Å². The van der Waals surface area contributed by atoms with Crippen LogP contribution in [0, 0.1) is 17.2 Å². The van der Waals surface area contributed by atoms with Gasteiger partial charge in [-0.05, 0) is 49.7 Å². The van der Waals surface area contributed by atoms with Gasteiger partial charge in [0.05, 0.1) is 23.4 Å². The van der Waals surface area contributed by atoms with Crippen molar-refractivity contribution in [1.29, 1.82) is 5.26 Å². The number of nitriles is 1. The predicted molar refractivity (Wildman–Crippen MR) is 152 cm³/mol. The average Bonchev–Trinajstić information content (AvgIpc) is 2.93. The van der Waals surface area contributed by atoms with Crippen LogP contribution in [0.25, 0.3) is 11.3 Å². The van der Waals surface area contributed by atoms with Gasteiger partial charge in [0.25, 0.3) is 0 Å². The number of hydrogen-bond acceptors (Lipinski definition) is 7. The number of nitrogens with one attached hydrogen (secondary N) is 2.